The van der Waals surface area contributed by atoms with Gasteiger partial charge in [-0.3, -0.25) is 4.98 Å². The van der Waals surface area contributed by atoms with Crippen LogP contribution < -0.4 is 0 Å². The number of aromatic nitrogens is 4. The normalized spacial score (nSPS) is 32.5. The third-order valence-electron chi connectivity index (χ3n) is 3.97. The zero-order valence-corrected chi connectivity index (χ0v) is 18.7. The average Bonchev–Trinajstić information content (AvgIpc) is 3.40. The summed E-state index contributed by atoms with van der Waals surface area (Å²) in [5.74, 6) is 1.13. The van der Waals surface area contributed by atoms with Crippen LogP contribution >= 0.6 is 51.0 Å². The van der Waals surface area contributed by atoms with Crippen LogP contribution in [0.1, 0.15) is 5.82 Å². The summed E-state index contributed by atoms with van der Waals surface area (Å²) >= 11 is 10.0. The Kier molecular flexibility index (Phi) is 7.54. The van der Waals surface area contributed by atoms with Gasteiger partial charge in [0.05, 0.1) is 36.8 Å². The predicted molar refractivity (Wildman–Crippen MR) is 109 cm³/mol. The van der Waals surface area contributed by atoms with Crippen molar-refractivity contribution in [1.29, 1.82) is 0 Å². The van der Waals surface area contributed by atoms with E-state index in [0.29, 0.717) is 24.8 Å². The van der Waals surface area contributed by atoms with Crippen LogP contribution in [0, 0.1) is 0 Å². The topological polar surface area (TPSA) is 89.8 Å². The van der Waals surface area contributed by atoms with E-state index in [1.807, 2.05) is 0 Å². The molecule has 0 amide bonds. The van der Waals surface area contributed by atoms with E-state index in [2.05, 4.69) is 39.6 Å². The first-order valence-corrected chi connectivity index (χ1v) is 13.8. The SMILES string of the molecule is FC1C2CO[C@@H]1COP(S)OCCn1nc(-c3cncs3)nc1COP(S)O2. The average molecular weight is 486 g/mol. The van der Waals surface area contributed by atoms with Crippen molar-refractivity contribution in [2.45, 2.75) is 31.5 Å². The van der Waals surface area contributed by atoms with Gasteiger partial charge in [0.15, 0.2) is 17.8 Å². The second kappa shape index (κ2) is 9.91. The molecule has 0 N–H and O–H groups in total. The summed E-state index contributed by atoms with van der Waals surface area (Å²) in [5.41, 5.74) is 1.71. The van der Waals surface area contributed by atoms with Crippen molar-refractivity contribution in [2.24, 2.45) is 0 Å². The van der Waals surface area contributed by atoms with E-state index in [0.717, 1.165) is 4.88 Å². The van der Waals surface area contributed by atoms with Gasteiger partial charge in [0, 0.05) is 6.20 Å². The van der Waals surface area contributed by atoms with Crippen LogP contribution in [0.4, 0.5) is 4.39 Å². The number of nitrogens with zero attached hydrogens (tertiary/aromatic N) is 4. The Labute approximate surface area is 177 Å². The second-order valence-corrected chi connectivity index (χ2v) is 10.6. The van der Waals surface area contributed by atoms with Crippen LogP contribution in [0.5, 0.6) is 0 Å². The van der Waals surface area contributed by atoms with Crippen molar-refractivity contribution in [3.63, 3.8) is 0 Å². The quantitative estimate of drug-likeness (QED) is 0.469. The highest BCUT2D eigenvalue weighted by Gasteiger charge is 2.40. The van der Waals surface area contributed by atoms with Gasteiger partial charge >= 0.3 is 0 Å². The lowest BCUT2D eigenvalue weighted by Gasteiger charge is -2.19. The van der Waals surface area contributed by atoms with Gasteiger partial charge in [-0.15, -0.1) is 16.4 Å². The second-order valence-electron chi connectivity index (χ2n) is 5.78. The number of hydrogen-bond donors (Lipinski definition) is 2. The molecule has 0 spiro atoms. The minimum Gasteiger partial charge on any atom is -0.370 e. The van der Waals surface area contributed by atoms with Crippen molar-refractivity contribution in [3.05, 3.63) is 17.5 Å². The van der Waals surface area contributed by atoms with Gasteiger partial charge in [0.25, 0.3) is 0 Å². The third kappa shape index (κ3) is 5.21. The highest BCUT2D eigenvalue weighted by Crippen LogP contribution is 2.48. The molecule has 4 unspecified atom stereocenters. The molecule has 1 fully saturated rings. The summed E-state index contributed by atoms with van der Waals surface area (Å²) in [4.78, 5) is 9.41. The monoisotopic (exact) mass is 486 g/mol. The van der Waals surface area contributed by atoms with Crippen molar-refractivity contribution in [2.75, 3.05) is 19.8 Å². The minimum absolute atomic E-state index is 0.0334. The molecule has 4 heterocycles. The van der Waals surface area contributed by atoms with Gasteiger partial charge in [-0.2, -0.15) is 0 Å². The molecule has 2 aromatic heterocycles. The molecule has 5 atom stereocenters. The van der Waals surface area contributed by atoms with Crippen LogP contribution in [-0.2, 0) is 36.0 Å². The summed E-state index contributed by atoms with van der Waals surface area (Å²) in [6, 6.07) is 0. The summed E-state index contributed by atoms with van der Waals surface area (Å²) in [6.07, 6.45) is -1.14. The van der Waals surface area contributed by atoms with Crippen LogP contribution in [0.25, 0.3) is 10.7 Å². The van der Waals surface area contributed by atoms with Gasteiger partial charge in [0.1, 0.15) is 18.8 Å². The summed E-state index contributed by atoms with van der Waals surface area (Å²) in [6.45, 7) is 0.974. The molecule has 4 rings (SSSR count). The molecule has 28 heavy (non-hydrogen) atoms. The van der Waals surface area contributed by atoms with E-state index in [-0.39, 0.29) is 19.8 Å². The maximum absolute atomic E-state index is 14.5. The number of hydrogen-bond acceptors (Lipinski definition) is 11. The highest BCUT2D eigenvalue weighted by atomic mass is 32.7. The van der Waals surface area contributed by atoms with E-state index in [1.165, 1.54) is 11.3 Å². The molecule has 2 bridgehead atoms. The van der Waals surface area contributed by atoms with Gasteiger partial charge < -0.3 is 22.8 Å². The Hall–Kier alpha value is 0.0600. The predicted octanol–water partition coefficient (Wildman–Crippen LogP) is 3.40. The molecule has 2 aliphatic heterocycles. The standard InChI is InChI=1S/C13H17FN4O5P2S3/c14-12-8-5-21-24(26)20-2-1-18-11(6-22-25(27)23-9(12)4-19-8)16-13(17-18)10-3-15-7-28-10/h3,7-9,12,26-27H,1-2,4-6H2/t8-,9?,12?,24?,25?/m1/s1. The largest absolute Gasteiger partial charge is 0.370 e. The van der Waals surface area contributed by atoms with Crippen LogP contribution in [0.2, 0.25) is 0 Å². The highest BCUT2D eigenvalue weighted by molar-refractivity contribution is 8.42. The Morgan fingerprint density at radius 3 is 2.89 bits per heavy atom. The number of halogens is 1. The Bertz CT molecular complexity index is 775. The lowest BCUT2D eigenvalue weighted by molar-refractivity contribution is 0.0385. The molecule has 0 aromatic carbocycles. The minimum atomic E-state index is -1.62. The number of fused-ring (bicyclic) bond motifs is 3. The first kappa shape index (κ1) is 21.3. The Morgan fingerprint density at radius 1 is 1.18 bits per heavy atom. The fourth-order valence-corrected chi connectivity index (χ4v) is 5.41. The van der Waals surface area contributed by atoms with E-state index in [9.17, 15) is 4.39 Å². The molecule has 0 saturated carbocycles. The van der Waals surface area contributed by atoms with Crippen LogP contribution in [0.15, 0.2) is 11.7 Å². The Balaban J connectivity index is 1.51. The fourth-order valence-electron chi connectivity index (χ4n) is 2.60. The molecule has 2 aliphatic rings. The summed E-state index contributed by atoms with van der Waals surface area (Å²) in [5, 5.41) is 4.50. The molecule has 9 nitrogen and oxygen atoms in total. The van der Waals surface area contributed by atoms with Gasteiger partial charge in [-0.1, -0.05) is 24.5 Å². The summed E-state index contributed by atoms with van der Waals surface area (Å²) < 4.78 is 43.9. The van der Waals surface area contributed by atoms with Crippen molar-refractivity contribution >= 4 is 51.0 Å². The number of ether oxygens (including phenoxy) is 1. The molecule has 0 aliphatic carbocycles. The number of thiazole rings is 1. The van der Waals surface area contributed by atoms with Crippen LogP contribution in [0.3, 0.4) is 0 Å². The maximum Gasteiger partial charge on any atom is 0.235 e. The fraction of sp³-hybridized carbons (Fsp3) is 0.615. The van der Waals surface area contributed by atoms with Crippen LogP contribution in [-0.4, -0.2) is 57.9 Å². The van der Waals surface area contributed by atoms with Gasteiger partial charge in [-0.25, -0.2) is 14.1 Å². The van der Waals surface area contributed by atoms with Gasteiger partial charge in [0.2, 0.25) is 15.2 Å². The Morgan fingerprint density at radius 2 is 2.07 bits per heavy atom. The molecule has 2 aromatic rings. The number of rotatable bonds is 1. The number of thiol groups is 2. The lowest BCUT2D eigenvalue weighted by atomic mass is 10.2. The first-order valence-electron chi connectivity index (χ1n) is 8.22. The molecular formula is C13H17FN4O5P2S3. The van der Waals surface area contributed by atoms with Crippen molar-refractivity contribution in [1.82, 2.24) is 19.7 Å². The van der Waals surface area contributed by atoms with E-state index >= 15 is 0 Å². The van der Waals surface area contributed by atoms with Gasteiger partial charge in [-0.05, 0) is 0 Å². The van der Waals surface area contributed by atoms with Crippen molar-refractivity contribution in [3.8, 4) is 10.7 Å². The molecule has 15 heteroatoms. The first-order chi connectivity index (χ1) is 13.6. The number of alkyl halides is 1. The smallest absolute Gasteiger partial charge is 0.235 e. The molecular weight excluding hydrogens is 469 g/mol. The van der Waals surface area contributed by atoms with E-state index in [1.54, 1.807) is 16.4 Å². The van der Waals surface area contributed by atoms with E-state index < -0.39 is 33.5 Å². The maximum atomic E-state index is 14.5. The molecule has 154 valence electrons. The third-order valence-corrected chi connectivity index (χ3v) is 7.64. The van der Waals surface area contributed by atoms with Crippen molar-refractivity contribution < 1.29 is 27.2 Å². The lowest BCUT2D eigenvalue weighted by Crippen LogP contribution is -2.29. The zero-order chi connectivity index (χ0) is 19.5. The molecule has 0 radical (unpaired) electrons. The summed E-state index contributed by atoms with van der Waals surface area (Å²) in [7, 11) is -3.09. The zero-order valence-electron chi connectivity index (χ0n) is 14.3. The van der Waals surface area contributed by atoms with E-state index in [4.69, 9.17) is 22.8 Å². The molecule has 1 saturated heterocycles.